The molecule has 0 bridgehead atoms. The topological polar surface area (TPSA) is 77.4 Å². The molecule has 2 aromatic rings. The van der Waals surface area contributed by atoms with Crippen LogP contribution in [0.2, 0.25) is 0 Å². The van der Waals surface area contributed by atoms with Crippen molar-refractivity contribution in [1.82, 2.24) is 0 Å². The number of ether oxygens (including phenoxy) is 4. The molecule has 2 aliphatic heterocycles. The fourth-order valence-electron chi connectivity index (χ4n) is 3.25. The molecule has 2 fully saturated rings. The monoisotopic (exact) mass is 358 g/mol. The van der Waals surface area contributed by atoms with E-state index in [9.17, 15) is 10.2 Å². The first-order valence-electron chi connectivity index (χ1n) is 8.71. The molecule has 6 heteroatoms. The van der Waals surface area contributed by atoms with Crippen LogP contribution in [0.1, 0.15) is 17.4 Å². The van der Waals surface area contributed by atoms with Gasteiger partial charge in [-0.15, -0.1) is 0 Å². The average Bonchev–Trinajstić information content (AvgIpc) is 2.71. The molecule has 138 valence electrons. The number of hydrogen-bond donors (Lipinski definition) is 2. The minimum absolute atomic E-state index is 0.249. The van der Waals surface area contributed by atoms with Gasteiger partial charge in [-0.2, -0.15) is 0 Å². The lowest BCUT2D eigenvalue weighted by molar-refractivity contribution is -0.362. The Hall–Kier alpha value is -1.80. The van der Waals surface area contributed by atoms with E-state index in [1.807, 2.05) is 60.7 Å². The van der Waals surface area contributed by atoms with E-state index < -0.39 is 37.0 Å². The van der Waals surface area contributed by atoms with Crippen molar-refractivity contribution in [2.24, 2.45) is 0 Å². The van der Waals surface area contributed by atoms with Crippen LogP contribution in [0, 0.1) is 0 Å². The van der Waals surface area contributed by atoms with Crippen LogP contribution in [0.15, 0.2) is 60.7 Å². The zero-order valence-electron chi connectivity index (χ0n) is 14.2. The highest BCUT2D eigenvalue weighted by atomic mass is 16.8. The Bertz CT molecular complexity index is 692. The zero-order chi connectivity index (χ0) is 17.9. The highest BCUT2D eigenvalue weighted by molar-refractivity contribution is 5.17. The predicted octanol–water partition coefficient (Wildman–Crippen LogP) is 1.76. The maximum Gasteiger partial charge on any atom is 0.187 e. The minimum atomic E-state index is -1.20. The summed E-state index contributed by atoms with van der Waals surface area (Å²) in [5, 5.41) is 20.9. The molecule has 2 saturated heterocycles. The number of aliphatic hydroxyl groups is 2. The van der Waals surface area contributed by atoms with Gasteiger partial charge in [0.05, 0.1) is 13.2 Å². The first-order valence-corrected chi connectivity index (χ1v) is 8.71. The van der Waals surface area contributed by atoms with Crippen molar-refractivity contribution in [2.45, 2.75) is 43.6 Å². The van der Waals surface area contributed by atoms with Gasteiger partial charge in [-0.3, -0.25) is 0 Å². The molecule has 2 aromatic carbocycles. The quantitative estimate of drug-likeness (QED) is 0.867. The van der Waals surface area contributed by atoms with E-state index in [0.29, 0.717) is 0 Å². The number of hydrogen-bond acceptors (Lipinski definition) is 6. The van der Waals surface area contributed by atoms with Crippen molar-refractivity contribution in [3.05, 3.63) is 71.8 Å². The van der Waals surface area contributed by atoms with Gasteiger partial charge in [0.15, 0.2) is 12.6 Å². The molecular formula is C20H22O6. The van der Waals surface area contributed by atoms with Crippen molar-refractivity contribution in [2.75, 3.05) is 6.61 Å². The van der Waals surface area contributed by atoms with Crippen LogP contribution >= 0.6 is 0 Å². The maximum absolute atomic E-state index is 10.5. The molecule has 4 rings (SSSR count). The summed E-state index contributed by atoms with van der Waals surface area (Å²) in [5.41, 5.74) is 1.82. The summed E-state index contributed by atoms with van der Waals surface area (Å²) in [5.74, 6) is 0. The molecule has 2 N–H and O–H groups in total. The SMILES string of the molecule is OC1[C@@H](OCc2ccccc2)OC2COC(c3ccccc3)O[C@H]2[C@H]1O. The van der Waals surface area contributed by atoms with Crippen LogP contribution in [-0.4, -0.2) is 47.5 Å². The molecule has 0 aromatic heterocycles. The largest absolute Gasteiger partial charge is 0.387 e. The van der Waals surface area contributed by atoms with Gasteiger partial charge in [0.1, 0.15) is 24.4 Å². The van der Waals surface area contributed by atoms with Crippen molar-refractivity contribution in [1.29, 1.82) is 0 Å². The Balaban J connectivity index is 1.40. The summed E-state index contributed by atoms with van der Waals surface area (Å²) in [7, 11) is 0. The molecule has 26 heavy (non-hydrogen) atoms. The number of fused-ring (bicyclic) bond motifs is 1. The van der Waals surface area contributed by atoms with Crippen LogP contribution in [0.25, 0.3) is 0 Å². The summed E-state index contributed by atoms with van der Waals surface area (Å²) in [6.45, 7) is 0.528. The Labute approximate surface area is 151 Å². The number of aliphatic hydroxyl groups excluding tert-OH is 2. The molecular weight excluding hydrogens is 336 g/mol. The lowest BCUT2D eigenvalue weighted by Gasteiger charge is -2.46. The van der Waals surface area contributed by atoms with Gasteiger partial charge in [-0.05, 0) is 5.56 Å². The van der Waals surface area contributed by atoms with Crippen molar-refractivity contribution in [3.8, 4) is 0 Å². The Kier molecular flexibility index (Phi) is 5.31. The van der Waals surface area contributed by atoms with E-state index in [2.05, 4.69) is 0 Å². The highest BCUT2D eigenvalue weighted by Gasteiger charge is 2.49. The third-order valence-corrected chi connectivity index (χ3v) is 4.66. The van der Waals surface area contributed by atoms with E-state index in [4.69, 9.17) is 18.9 Å². The first-order chi connectivity index (χ1) is 12.7. The molecule has 6 nitrogen and oxygen atoms in total. The summed E-state index contributed by atoms with van der Waals surface area (Å²) in [6.07, 6.45) is -5.04. The molecule has 0 radical (unpaired) electrons. The van der Waals surface area contributed by atoms with E-state index >= 15 is 0 Å². The summed E-state index contributed by atoms with van der Waals surface area (Å²) < 4.78 is 23.1. The van der Waals surface area contributed by atoms with Gasteiger partial charge < -0.3 is 29.2 Å². The standard InChI is InChI=1S/C20H22O6/c21-16-17(22)20(23-11-13-7-3-1-4-8-13)25-15-12-24-19(26-18(15)16)14-9-5-2-6-10-14/h1-10,15-22H,11-12H2/t15?,16-,17?,18+,19?,20-/m0/s1. The van der Waals surface area contributed by atoms with Gasteiger partial charge in [-0.25, -0.2) is 0 Å². The second kappa shape index (κ2) is 7.84. The van der Waals surface area contributed by atoms with E-state index in [1.54, 1.807) is 0 Å². The molecule has 0 aliphatic carbocycles. The Morgan fingerprint density at radius 2 is 1.58 bits per heavy atom. The molecule has 0 amide bonds. The summed E-state index contributed by atoms with van der Waals surface area (Å²) in [4.78, 5) is 0. The van der Waals surface area contributed by atoms with Crippen molar-refractivity contribution >= 4 is 0 Å². The highest BCUT2D eigenvalue weighted by Crippen LogP contribution is 2.34. The lowest BCUT2D eigenvalue weighted by Crippen LogP contribution is -2.62. The molecule has 3 unspecified atom stereocenters. The molecule has 2 heterocycles. The fourth-order valence-corrected chi connectivity index (χ4v) is 3.25. The Morgan fingerprint density at radius 1 is 0.885 bits per heavy atom. The zero-order valence-corrected chi connectivity index (χ0v) is 14.2. The molecule has 0 saturated carbocycles. The van der Waals surface area contributed by atoms with Crippen LogP contribution in [-0.2, 0) is 25.6 Å². The van der Waals surface area contributed by atoms with Gasteiger partial charge in [0, 0.05) is 5.56 Å². The van der Waals surface area contributed by atoms with Crippen molar-refractivity contribution in [3.63, 3.8) is 0 Å². The molecule has 0 spiro atoms. The van der Waals surface area contributed by atoms with Gasteiger partial charge in [0.2, 0.25) is 0 Å². The average molecular weight is 358 g/mol. The first kappa shape index (κ1) is 17.6. The molecule has 2 aliphatic rings. The number of rotatable bonds is 4. The van der Waals surface area contributed by atoms with Gasteiger partial charge in [0.25, 0.3) is 0 Å². The predicted molar refractivity (Wildman–Crippen MR) is 91.9 cm³/mol. The normalized spacial score (nSPS) is 34.2. The Morgan fingerprint density at radius 3 is 2.31 bits per heavy atom. The maximum atomic E-state index is 10.5. The third kappa shape index (κ3) is 3.66. The second-order valence-electron chi connectivity index (χ2n) is 6.50. The lowest BCUT2D eigenvalue weighted by atomic mass is 9.98. The van der Waals surface area contributed by atoms with E-state index in [0.717, 1.165) is 11.1 Å². The van der Waals surface area contributed by atoms with E-state index in [1.165, 1.54) is 0 Å². The van der Waals surface area contributed by atoms with Crippen LogP contribution in [0.5, 0.6) is 0 Å². The van der Waals surface area contributed by atoms with Crippen LogP contribution in [0.4, 0.5) is 0 Å². The molecule has 6 atom stereocenters. The van der Waals surface area contributed by atoms with E-state index in [-0.39, 0.29) is 13.2 Å². The summed E-state index contributed by atoms with van der Waals surface area (Å²) in [6, 6.07) is 19.1. The van der Waals surface area contributed by atoms with Gasteiger partial charge in [-0.1, -0.05) is 60.7 Å². The van der Waals surface area contributed by atoms with Crippen LogP contribution < -0.4 is 0 Å². The number of benzene rings is 2. The minimum Gasteiger partial charge on any atom is -0.387 e. The second-order valence-corrected chi connectivity index (χ2v) is 6.50. The van der Waals surface area contributed by atoms with Crippen molar-refractivity contribution < 1.29 is 29.2 Å². The fraction of sp³-hybridized carbons (Fsp3) is 0.400. The third-order valence-electron chi connectivity index (χ3n) is 4.66. The van der Waals surface area contributed by atoms with Crippen LogP contribution in [0.3, 0.4) is 0 Å². The smallest absolute Gasteiger partial charge is 0.187 e. The van der Waals surface area contributed by atoms with Gasteiger partial charge >= 0.3 is 0 Å². The summed E-state index contributed by atoms with van der Waals surface area (Å²) >= 11 is 0.